The van der Waals surface area contributed by atoms with E-state index in [1.54, 1.807) is 17.7 Å². The molecule has 1 N–H and O–H groups in total. The van der Waals surface area contributed by atoms with Gasteiger partial charge in [-0.2, -0.15) is 0 Å². The Bertz CT molecular complexity index is 854. The third kappa shape index (κ3) is 3.86. The summed E-state index contributed by atoms with van der Waals surface area (Å²) in [5.41, 5.74) is 3.77. The Morgan fingerprint density at radius 2 is 2.12 bits per heavy atom. The lowest BCUT2D eigenvalue weighted by Crippen LogP contribution is -2.43. The number of nitrogens with zero attached hydrogens (tertiary/aromatic N) is 4. The molecule has 0 radical (unpaired) electrons. The van der Waals surface area contributed by atoms with E-state index in [2.05, 4.69) is 49.6 Å². The van der Waals surface area contributed by atoms with Crippen molar-refractivity contribution in [2.24, 2.45) is 0 Å². The average molecular weight is 368 g/mol. The van der Waals surface area contributed by atoms with Crippen LogP contribution < -0.4 is 10.2 Å². The fourth-order valence-corrected chi connectivity index (χ4v) is 4.50. The van der Waals surface area contributed by atoms with Gasteiger partial charge in [0.25, 0.3) is 0 Å². The van der Waals surface area contributed by atoms with Gasteiger partial charge in [0.15, 0.2) is 0 Å². The molecule has 1 fully saturated rings. The number of rotatable bonds is 6. The minimum absolute atomic E-state index is 0.613. The Labute approximate surface area is 158 Å². The number of hydrogen-bond acceptors (Lipinski definition) is 6. The van der Waals surface area contributed by atoms with Gasteiger partial charge in [0.05, 0.1) is 10.2 Å². The Balaban J connectivity index is 1.24. The topological polar surface area (TPSA) is 53.9 Å². The Morgan fingerprint density at radius 1 is 1.23 bits per heavy atom. The minimum Gasteiger partial charge on any atom is -0.355 e. The zero-order valence-corrected chi connectivity index (χ0v) is 16.0. The number of thiophene rings is 1. The summed E-state index contributed by atoms with van der Waals surface area (Å²) in [4.78, 5) is 15.5. The smallest absolute Gasteiger partial charge is 0.150 e. The van der Waals surface area contributed by atoms with Crippen LogP contribution in [0.5, 0.6) is 0 Å². The van der Waals surface area contributed by atoms with Crippen LogP contribution in [0.4, 0.5) is 5.82 Å². The maximum absolute atomic E-state index is 4.54. The lowest BCUT2D eigenvalue weighted by Gasteiger charge is -2.33. The molecule has 0 amide bonds. The number of aryl methyl sites for hydroxylation is 2. The van der Waals surface area contributed by atoms with Gasteiger partial charge in [-0.15, -0.1) is 11.3 Å². The molecule has 0 atom stereocenters. The van der Waals surface area contributed by atoms with E-state index in [4.69, 9.17) is 0 Å². The van der Waals surface area contributed by atoms with E-state index in [-0.39, 0.29) is 0 Å². The number of piperidine rings is 1. The second-order valence-corrected chi connectivity index (χ2v) is 7.87. The highest BCUT2D eigenvalue weighted by Crippen LogP contribution is 2.29. The van der Waals surface area contributed by atoms with Crippen LogP contribution in [0.1, 0.15) is 30.4 Å². The van der Waals surface area contributed by atoms with Crippen molar-refractivity contribution in [2.75, 3.05) is 24.5 Å². The Kier molecular flexibility index (Phi) is 5.41. The Hall–Kier alpha value is -2.05. The van der Waals surface area contributed by atoms with E-state index in [0.717, 1.165) is 43.8 Å². The van der Waals surface area contributed by atoms with Crippen molar-refractivity contribution in [3.63, 3.8) is 0 Å². The summed E-state index contributed by atoms with van der Waals surface area (Å²) in [6.45, 7) is 5.35. The minimum atomic E-state index is 0.613. The monoisotopic (exact) mass is 367 g/mol. The molecule has 26 heavy (non-hydrogen) atoms. The largest absolute Gasteiger partial charge is 0.355 e. The second-order valence-electron chi connectivity index (χ2n) is 6.95. The molecule has 3 aromatic rings. The highest BCUT2D eigenvalue weighted by atomic mass is 32.1. The average Bonchev–Trinajstić information content (AvgIpc) is 3.16. The van der Waals surface area contributed by atoms with Gasteiger partial charge in [0.1, 0.15) is 12.1 Å². The first-order valence-corrected chi connectivity index (χ1v) is 10.3. The summed E-state index contributed by atoms with van der Waals surface area (Å²) < 4.78 is 1.21. The predicted molar refractivity (Wildman–Crippen MR) is 108 cm³/mol. The van der Waals surface area contributed by atoms with Gasteiger partial charge in [0, 0.05) is 31.5 Å². The van der Waals surface area contributed by atoms with Gasteiger partial charge < -0.3 is 10.2 Å². The lowest BCUT2D eigenvalue weighted by molar-refractivity contribution is 0.412. The summed E-state index contributed by atoms with van der Waals surface area (Å²) in [7, 11) is 0. The molecule has 5 nitrogen and oxygen atoms in total. The van der Waals surface area contributed by atoms with Gasteiger partial charge >= 0.3 is 0 Å². The first kappa shape index (κ1) is 17.4. The highest BCUT2D eigenvalue weighted by Gasteiger charge is 2.21. The van der Waals surface area contributed by atoms with Crippen LogP contribution in [0.25, 0.3) is 10.2 Å². The third-order valence-electron chi connectivity index (χ3n) is 5.22. The van der Waals surface area contributed by atoms with E-state index in [0.29, 0.717) is 6.04 Å². The predicted octanol–water partition coefficient (Wildman–Crippen LogP) is 3.59. The molecule has 0 aliphatic carbocycles. The number of nitrogens with one attached hydrogen (secondary N) is 1. The van der Waals surface area contributed by atoms with Crippen LogP contribution in [0.3, 0.4) is 0 Å². The van der Waals surface area contributed by atoms with E-state index in [1.807, 2.05) is 12.4 Å². The Morgan fingerprint density at radius 3 is 2.96 bits per heavy atom. The van der Waals surface area contributed by atoms with Crippen LogP contribution in [0.15, 0.2) is 36.2 Å². The first-order chi connectivity index (χ1) is 12.8. The molecular weight excluding hydrogens is 342 g/mol. The second kappa shape index (κ2) is 8.10. The van der Waals surface area contributed by atoms with Gasteiger partial charge in [0.2, 0.25) is 0 Å². The molecule has 4 rings (SSSR count). The van der Waals surface area contributed by atoms with Crippen LogP contribution in [0.2, 0.25) is 0 Å². The SMILES string of the molecule is Cc1ccncc1CCCNC1CCN(c2ncnc3ccsc23)CC1. The highest BCUT2D eigenvalue weighted by molar-refractivity contribution is 7.17. The molecule has 1 aliphatic rings. The number of fused-ring (bicyclic) bond motifs is 1. The molecule has 6 heteroatoms. The van der Waals surface area contributed by atoms with Crippen molar-refractivity contribution >= 4 is 27.4 Å². The third-order valence-corrected chi connectivity index (χ3v) is 6.12. The molecule has 136 valence electrons. The first-order valence-electron chi connectivity index (χ1n) is 9.37. The summed E-state index contributed by atoms with van der Waals surface area (Å²) in [5.74, 6) is 1.11. The van der Waals surface area contributed by atoms with Crippen molar-refractivity contribution < 1.29 is 0 Å². The zero-order valence-electron chi connectivity index (χ0n) is 15.2. The van der Waals surface area contributed by atoms with Crippen molar-refractivity contribution in [3.05, 3.63) is 47.4 Å². The molecule has 0 aromatic carbocycles. The molecule has 0 saturated carbocycles. The van der Waals surface area contributed by atoms with E-state index < -0.39 is 0 Å². The molecule has 1 aliphatic heterocycles. The quantitative estimate of drug-likeness (QED) is 0.675. The van der Waals surface area contributed by atoms with E-state index in [9.17, 15) is 0 Å². The molecule has 3 aromatic heterocycles. The van der Waals surface area contributed by atoms with Crippen LogP contribution in [0, 0.1) is 6.92 Å². The maximum Gasteiger partial charge on any atom is 0.150 e. The van der Waals surface area contributed by atoms with Crippen LogP contribution in [-0.2, 0) is 6.42 Å². The molecule has 0 bridgehead atoms. The summed E-state index contributed by atoms with van der Waals surface area (Å²) in [6.07, 6.45) is 10.2. The van der Waals surface area contributed by atoms with Crippen molar-refractivity contribution in [1.29, 1.82) is 0 Å². The van der Waals surface area contributed by atoms with Crippen LogP contribution in [-0.4, -0.2) is 40.6 Å². The molecular formula is C20H25N5S. The molecule has 4 heterocycles. The van der Waals surface area contributed by atoms with E-state index >= 15 is 0 Å². The summed E-state index contributed by atoms with van der Waals surface area (Å²) in [5, 5.41) is 5.84. The fourth-order valence-electron chi connectivity index (χ4n) is 3.64. The standard InChI is InChI=1S/C20H25N5S/c1-15-4-9-21-13-16(15)3-2-8-22-17-5-10-25(11-6-17)20-19-18(7-12-26-19)23-14-24-20/h4,7,9,12-14,17,22H,2-3,5-6,8,10-11H2,1H3. The molecule has 0 unspecified atom stereocenters. The number of pyridine rings is 1. The maximum atomic E-state index is 4.54. The van der Waals surface area contributed by atoms with Crippen molar-refractivity contribution in [3.8, 4) is 0 Å². The van der Waals surface area contributed by atoms with Gasteiger partial charge in [-0.3, -0.25) is 4.98 Å². The van der Waals surface area contributed by atoms with Gasteiger partial charge in [-0.25, -0.2) is 9.97 Å². The van der Waals surface area contributed by atoms with Crippen molar-refractivity contribution in [1.82, 2.24) is 20.3 Å². The number of hydrogen-bond donors (Lipinski definition) is 1. The normalized spacial score (nSPS) is 15.7. The summed E-state index contributed by atoms with van der Waals surface area (Å²) in [6, 6.07) is 4.78. The molecule has 1 saturated heterocycles. The molecule has 0 spiro atoms. The zero-order chi connectivity index (χ0) is 17.8. The van der Waals surface area contributed by atoms with E-state index in [1.165, 1.54) is 28.7 Å². The van der Waals surface area contributed by atoms with Gasteiger partial charge in [-0.1, -0.05) is 0 Å². The lowest BCUT2D eigenvalue weighted by atomic mass is 10.0. The van der Waals surface area contributed by atoms with Gasteiger partial charge in [-0.05, 0) is 67.8 Å². The number of aromatic nitrogens is 3. The summed E-state index contributed by atoms with van der Waals surface area (Å²) >= 11 is 1.74. The van der Waals surface area contributed by atoms with Crippen molar-refractivity contribution in [2.45, 2.75) is 38.6 Å². The number of anilines is 1. The van der Waals surface area contributed by atoms with Crippen LogP contribution >= 0.6 is 11.3 Å². The fraction of sp³-hybridized carbons (Fsp3) is 0.450.